The molecule has 1 aromatic rings. The normalized spacial score (nSPS) is 9.71. The zero-order valence-corrected chi connectivity index (χ0v) is 9.46. The van der Waals surface area contributed by atoms with Crippen molar-refractivity contribution in [2.24, 2.45) is 0 Å². The molecule has 0 unspecified atom stereocenters. The summed E-state index contributed by atoms with van der Waals surface area (Å²) in [6, 6.07) is 1.67. The number of carbonyl (C=O) groups is 2. The van der Waals surface area contributed by atoms with Crippen LogP contribution in [0.25, 0.3) is 0 Å². The van der Waals surface area contributed by atoms with Crippen LogP contribution in [0.1, 0.15) is 19.3 Å². The summed E-state index contributed by atoms with van der Waals surface area (Å²) in [6.07, 6.45) is 3.58. The molecule has 0 atom stereocenters. The van der Waals surface area contributed by atoms with Gasteiger partial charge in [0.15, 0.2) is 0 Å². The average molecular weight is 238 g/mol. The highest BCUT2D eigenvalue weighted by Crippen LogP contribution is 2.00. The third-order valence-corrected chi connectivity index (χ3v) is 1.94. The van der Waals surface area contributed by atoms with Crippen molar-refractivity contribution >= 4 is 17.8 Å². The fourth-order valence-corrected chi connectivity index (χ4v) is 1.16. The Kier molecular flexibility index (Phi) is 4.86. The number of aliphatic carboxylic acids is 1. The Balaban J connectivity index is 2.34. The number of carboxylic acids is 1. The van der Waals surface area contributed by atoms with Crippen molar-refractivity contribution in [2.75, 3.05) is 12.1 Å². The molecule has 0 aliphatic carbocycles. The number of hydrazine groups is 1. The number of aromatic nitrogens is 2. The van der Waals surface area contributed by atoms with Crippen LogP contribution < -0.4 is 10.4 Å². The van der Waals surface area contributed by atoms with E-state index in [1.54, 1.807) is 25.5 Å². The minimum Gasteiger partial charge on any atom is -0.481 e. The molecule has 7 nitrogen and oxygen atoms in total. The lowest BCUT2D eigenvalue weighted by Crippen LogP contribution is -2.40. The predicted octanol–water partition coefficient (Wildman–Crippen LogP) is 0.199. The monoisotopic (exact) mass is 238 g/mol. The SMILES string of the molecule is CN(NC(=O)CCCC(=O)O)c1ncccn1. The van der Waals surface area contributed by atoms with Gasteiger partial charge in [-0.1, -0.05) is 0 Å². The topological polar surface area (TPSA) is 95.4 Å². The molecule has 17 heavy (non-hydrogen) atoms. The van der Waals surface area contributed by atoms with Crippen molar-refractivity contribution in [3.05, 3.63) is 18.5 Å². The average Bonchev–Trinajstić information content (AvgIpc) is 2.29. The predicted molar refractivity (Wildman–Crippen MR) is 60.1 cm³/mol. The minimum absolute atomic E-state index is 0.0149. The van der Waals surface area contributed by atoms with Gasteiger partial charge in [0.1, 0.15) is 0 Å². The Hall–Kier alpha value is -2.18. The summed E-state index contributed by atoms with van der Waals surface area (Å²) >= 11 is 0. The molecule has 0 aromatic carbocycles. The van der Waals surface area contributed by atoms with Crippen molar-refractivity contribution in [1.29, 1.82) is 0 Å². The summed E-state index contributed by atoms with van der Waals surface area (Å²) in [5.74, 6) is -0.794. The van der Waals surface area contributed by atoms with Gasteiger partial charge in [-0.25, -0.2) is 9.97 Å². The van der Waals surface area contributed by atoms with E-state index in [1.165, 1.54) is 5.01 Å². The van der Waals surface area contributed by atoms with Crippen LogP contribution in [-0.4, -0.2) is 34.0 Å². The molecule has 1 amide bonds. The molecular weight excluding hydrogens is 224 g/mol. The molecule has 0 aliphatic heterocycles. The number of rotatable bonds is 6. The maximum Gasteiger partial charge on any atom is 0.303 e. The molecule has 92 valence electrons. The highest BCUT2D eigenvalue weighted by molar-refractivity contribution is 5.77. The molecule has 2 N–H and O–H groups in total. The van der Waals surface area contributed by atoms with Gasteiger partial charge < -0.3 is 5.11 Å². The number of amides is 1. The second-order valence-corrected chi connectivity index (χ2v) is 3.39. The number of hydrogen-bond donors (Lipinski definition) is 2. The van der Waals surface area contributed by atoms with Crippen LogP contribution in [0.2, 0.25) is 0 Å². The van der Waals surface area contributed by atoms with Crippen LogP contribution in [0.15, 0.2) is 18.5 Å². The third-order valence-electron chi connectivity index (χ3n) is 1.94. The molecule has 0 saturated heterocycles. The summed E-state index contributed by atoms with van der Waals surface area (Å²) in [5.41, 5.74) is 2.55. The highest BCUT2D eigenvalue weighted by Gasteiger charge is 2.08. The first-order chi connectivity index (χ1) is 8.09. The van der Waals surface area contributed by atoms with Gasteiger partial charge in [-0.2, -0.15) is 0 Å². The Morgan fingerprint density at radius 2 is 2.00 bits per heavy atom. The second kappa shape index (κ2) is 6.41. The van der Waals surface area contributed by atoms with E-state index >= 15 is 0 Å². The van der Waals surface area contributed by atoms with E-state index in [9.17, 15) is 9.59 Å². The number of carboxylic acid groups (broad SMARTS) is 1. The van der Waals surface area contributed by atoms with Gasteiger partial charge in [-0.3, -0.25) is 20.0 Å². The quantitative estimate of drug-likeness (QED) is 0.687. The molecule has 1 aromatic heterocycles. The van der Waals surface area contributed by atoms with E-state index in [0.717, 1.165) is 0 Å². The molecule has 7 heteroatoms. The van der Waals surface area contributed by atoms with E-state index in [-0.39, 0.29) is 18.7 Å². The third kappa shape index (κ3) is 4.92. The first-order valence-corrected chi connectivity index (χ1v) is 5.11. The summed E-state index contributed by atoms with van der Waals surface area (Å²) in [5, 5.41) is 9.82. The number of hydrogen-bond acceptors (Lipinski definition) is 5. The Labute approximate surface area is 98.5 Å². The number of carbonyl (C=O) groups excluding carboxylic acids is 1. The maximum absolute atomic E-state index is 11.4. The summed E-state index contributed by atoms with van der Waals surface area (Å²) in [6.45, 7) is 0. The molecule has 0 radical (unpaired) electrons. The number of anilines is 1. The molecule has 1 rings (SSSR count). The van der Waals surface area contributed by atoms with Gasteiger partial charge in [-0.15, -0.1) is 0 Å². The molecule has 0 aliphatic rings. The zero-order chi connectivity index (χ0) is 12.7. The summed E-state index contributed by atoms with van der Waals surface area (Å²) in [7, 11) is 1.62. The van der Waals surface area contributed by atoms with Gasteiger partial charge in [0.05, 0.1) is 0 Å². The van der Waals surface area contributed by atoms with E-state index in [1.807, 2.05) is 0 Å². The molecule has 0 fully saturated rings. The van der Waals surface area contributed by atoms with Crippen LogP contribution in [0.4, 0.5) is 5.95 Å². The van der Waals surface area contributed by atoms with Gasteiger partial charge in [0, 0.05) is 32.3 Å². The zero-order valence-electron chi connectivity index (χ0n) is 9.46. The molecule has 0 bridgehead atoms. The van der Waals surface area contributed by atoms with Crippen molar-refractivity contribution in [1.82, 2.24) is 15.4 Å². The van der Waals surface area contributed by atoms with E-state index in [2.05, 4.69) is 15.4 Å². The number of nitrogens with one attached hydrogen (secondary N) is 1. The minimum atomic E-state index is -0.905. The van der Waals surface area contributed by atoms with Crippen molar-refractivity contribution in [2.45, 2.75) is 19.3 Å². The fourth-order valence-electron chi connectivity index (χ4n) is 1.16. The molecule has 0 spiro atoms. The Morgan fingerprint density at radius 1 is 1.35 bits per heavy atom. The fraction of sp³-hybridized carbons (Fsp3) is 0.400. The van der Waals surface area contributed by atoms with Gasteiger partial charge in [0.25, 0.3) is 0 Å². The van der Waals surface area contributed by atoms with E-state index in [4.69, 9.17) is 5.11 Å². The van der Waals surface area contributed by atoms with Crippen molar-refractivity contribution in [3.8, 4) is 0 Å². The number of nitrogens with zero attached hydrogens (tertiary/aromatic N) is 3. The van der Waals surface area contributed by atoms with Gasteiger partial charge in [-0.05, 0) is 12.5 Å². The van der Waals surface area contributed by atoms with Crippen LogP contribution >= 0.6 is 0 Å². The lowest BCUT2D eigenvalue weighted by Gasteiger charge is -2.17. The molecule has 0 saturated carbocycles. The molecule has 1 heterocycles. The van der Waals surface area contributed by atoms with Gasteiger partial charge >= 0.3 is 5.97 Å². The van der Waals surface area contributed by atoms with Crippen LogP contribution in [0, 0.1) is 0 Å². The van der Waals surface area contributed by atoms with Crippen LogP contribution in [0.3, 0.4) is 0 Å². The smallest absolute Gasteiger partial charge is 0.303 e. The van der Waals surface area contributed by atoms with E-state index in [0.29, 0.717) is 12.4 Å². The highest BCUT2D eigenvalue weighted by atomic mass is 16.4. The van der Waals surface area contributed by atoms with Crippen molar-refractivity contribution in [3.63, 3.8) is 0 Å². The summed E-state index contributed by atoms with van der Waals surface area (Å²) < 4.78 is 0. The lowest BCUT2D eigenvalue weighted by atomic mass is 10.2. The van der Waals surface area contributed by atoms with Crippen LogP contribution in [-0.2, 0) is 9.59 Å². The first kappa shape index (κ1) is 12.9. The van der Waals surface area contributed by atoms with Crippen LogP contribution in [0.5, 0.6) is 0 Å². The second-order valence-electron chi connectivity index (χ2n) is 3.39. The van der Waals surface area contributed by atoms with Crippen molar-refractivity contribution < 1.29 is 14.7 Å². The van der Waals surface area contributed by atoms with E-state index < -0.39 is 5.97 Å². The first-order valence-electron chi connectivity index (χ1n) is 5.11. The molecular formula is C10H14N4O3. The largest absolute Gasteiger partial charge is 0.481 e. The van der Waals surface area contributed by atoms with Gasteiger partial charge in [0.2, 0.25) is 11.9 Å². The summed E-state index contributed by atoms with van der Waals surface area (Å²) in [4.78, 5) is 29.6. The maximum atomic E-state index is 11.4. The standard InChI is InChI=1S/C10H14N4O3/c1-14(10-11-6-3-7-12-10)13-8(15)4-2-5-9(16)17/h3,6-7H,2,4-5H2,1H3,(H,13,15)(H,16,17). The lowest BCUT2D eigenvalue weighted by molar-refractivity contribution is -0.137. The Morgan fingerprint density at radius 3 is 2.59 bits per heavy atom. The Bertz CT molecular complexity index is 382.